The van der Waals surface area contributed by atoms with E-state index in [2.05, 4.69) is 0 Å². The minimum atomic E-state index is -0.971. The molecule has 1 unspecified atom stereocenters. The van der Waals surface area contributed by atoms with Gasteiger partial charge in [0.1, 0.15) is 17.3 Å². The number of aliphatic hydroxyl groups is 1. The average Bonchev–Trinajstić information content (AvgIpc) is 3.41. The molecule has 0 saturated carbocycles. The first-order valence-corrected chi connectivity index (χ1v) is 9.77. The highest BCUT2D eigenvalue weighted by atomic mass is 16.5. The van der Waals surface area contributed by atoms with Gasteiger partial charge in [-0.25, -0.2) is 0 Å². The van der Waals surface area contributed by atoms with Crippen molar-refractivity contribution in [2.45, 2.75) is 12.6 Å². The number of aromatic hydroxyl groups is 1. The molecule has 3 aromatic rings. The van der Waals surface area contributed by atoms with Gasteiger partial charge in [-0.3, -0.25) is 9.59 Å². The predicted molar refractivity (Wildman–Crippen MR) is 114 cm³/mol. The summed E-state index contributed by atoms with van der Waals surface area (Å²) in [5.41, 5.74) is 0.579. The molecule has 8 nitrogen and oxygen atoms in total. The Kier molecular flexibility index (Phi) is 5.59. The van der Waals surface area contributed by atoms with Gasteiger partial charge in [-0.2, -0.15) is 0 Å². The Hall–Kier alpha value is -4.20. The lowest BCUT2D eigenvalue weighted by atomic mass is 9.94. The number of para-hydroxylation sites is 1. The zero-order chi connectivity index (χ0) is 22.8. The van der Waals surface area contributed by atoms with Gasteiger partial charge in [0.05, 0.1) is 44.2 Å². The number of hydrogen-bond donors (Lipinski definition) is 2. The van der Waals surface area contributed by atoms with Crippen molar-refractivity contribution in [2.24, 2.45) is 0 Å². The van der Waals surface area contributed by atoms with Crippen molar-refractivity contribution in [3.05, 3.63) is 83.3 Å². The first-order valence-electron chi connectivity index (χ1n) is 9.77. The van der Waals surface area contributed by atoms with Crippen LogP contribution in [-0.4, -0.2) is 41.0 Å². The number of Topliss-reactive ketones (excluding diaryl/α,β-unsaturated/α-hetero) is 1. The van der Waals surface area contributed by atoms with Crippen LogP contribution in [0.3, 0.4) is 0 Å². The van der Waals surface area contributed by atoms with E-state index in [-0.39, 0.29) is 34.9 Å². The third-order valence-electron chi connectivity index (χ3n) is 5.33. The van der Waals surface area contributed by atoms with Gasteiger partial charge in [-0.15, -0.1) is 0 Å². The number of likely N-dealkylation sites (tertiary alicyclic amines) is 1. The standard InChI is InChI=1S/C24H21NO7/c1-30-18-8-4-3-7-16(18)22(27)20-21(14-9-10-19(31-2)17(26)12-14)25(24(29)23(20)28)13-15-6-5-11-32-15/h3-12,21,26-27H,13H2,1-2H3/b22-20-. The number of benzene rings is 2. The van der Waals surface area contributed by atoms with Crippen LogP contribution in [0.4, 0.5) is 0 Å². The van der Waals surface area contributed by atoms with E-state index >= 15 is 0 Å². The Morgan fingerprint density at radius 3 is 2.44 bits per heavy atom. The number of hydrogen-bond acceptors (Lipinski definition) is 7. The number of nitrogens with zero attached hydrogens (tertiary/aromatic N) is 1. The van der Waals surface area contributed by atoms with Crippen molar-refractivity contribution in [1.29, 1.82) is 0 Å². The molecule has 0 radical (unpaired) electrons. The maximum absolute atomic E-state index is 13.1. The number of rotatable bonds is 6. The highest BCUT2D eigenvalue weighted by Gasteiger charge is 2.46. The zero-order valence-electron chi connectivity index (χ0n) is 17.4. The maximum atomic E-state index is 13.1. The van der Waals surface area contributed by atoms with Crippen LogP contribution in [0.1, 0.15) is 22.9 Å². The van der Waals surface area contributed by atoms with E-state index in [0.29, 0.717) is 17.1 Å². The van der Waals surface area contributed by atoms with Crippen LogP contribution in [0, 0.1) is 0 Å². The van der Waals surface area contributed by atoms with Crippen LogP contribution in [0.15, 0.2) is 70.9 Å². The SMILES string of the molecule is COc1ccc(C2/C(=C(/O)c3ccccc3OC)C(=O)C(=O)N2Cc2ccco2)cc1O. The molecule has 2 aromatic carbocycles. The molecular formula is C24H21NO7. The van der Waals surface area contributed by atoms with Crippen molar-refractivity contribution in [3.8, 4) is 17.2 Å². The number of phenolic OH excluding ortho intramolecular Hbond substituents is 1. The second-order valence-corrected chi connectivity index (χ2v) is 7.14. The third-order valence-corrected chi connectivity index (χ3v) is 5.33. The molecular weight excluding hydrogens is 414 g/mol. The van der Waals surface area contributed by atoms with Crippen molar-refractivity contribution >= 4 is 17.4 Å². The van der Waals surface area contributed by atoms with Crippen molar-refractivity contribution in [2.75, 3.05) is 14.2 Å². The quantitative estimate of drug-likeness (QED) is 0.346. The van der Waals surface area contributed by atoms with E-state index in [1.165, 1.54) is 37.5 Å². The van der Waals surface area contributed by atoms with E-state index < -0.39 is 17.7 Å². The zero-order valence-corrected chi connectivity index (χ0v) is 17.4. The van der Waals surface area contributed by atoms with E-state index in [4.69, 9.17) is 13.9 Å². The van der Waals surface area contributed by atoms with Gasteiger partial charge in [0.15, 0.2) is 11.5 Å². The normalized spacial score (nSPS) is 17.6. The highest BCUT2D eigenvalue weighted by molar-refractivity contribution is 6.46. The number of amides is 1. The summed E-state index contributed by atoms with van der Waals surface area (Å²) >= 11 is 0. The van der Waals surface area contributed by atoms with Crippen molar-refractivity contribution in [3.63, 3.8) is 0 Å². The minimum Gasteiger partial charge on any atom is -0.507 e. The number of phenols is 1. The first kappa shape index (κ1) is 21.0. The van der Waals surface area contributed by atoms with E-state index in [1.807, 2.05) is 0 Å². The van der Waals surface area contributed by atoms with Crippen LogP contribution >= 0.6 is 0 Å². The molecule has 0 spiro atoms. The van der Waals surface area contributed by atoms with Crippen molar-refractivity contribution in [1.82, 2.24) is 4.90 Å². The van der Waals surface area contributed by atoms with Crippen LogP contribution in [0.25, 0.3) is 5.76 Å². The number of ketones is 1. The van der Waals surface area contributed by atoms with E-state index in [1.54, 1.807) is 42.5 Å². The van der Waals surface area contributed by atoms with Gasteiger partial charge in [0.2, 0.25) is 0 Å². The molecule has 1 amide bonds. The highest BCUT2D eigenvalue weighted by Crippen LogP contribution is 2.43. The number of furan rings is 1. The Bertz CT molecular complexity index is 1200. The first-order chi connectivity index (χ1) is 15.5. The van der Waals surface area contributed by atoms with Gasteiger partial charge in [-0.1, -0.05) is 18.2 Å². The van der Waals surface area contributed by atoms with Gasteiger partial charge < -0.3 is 29.0 Å². The molecule has 1 fully saturated rings. The smallest absolute Gasteiger partial charge is 0.296 e. The molecule has 1 aliphatic heterocycles. The minimum absolute atomic E-state index is 0.00225. The number of ether oxygens (including phenoxy) is 2. The van der Waals surface area contributed by atoms with Gasteiger partial charge in [0, 0.05) is 0 Å². The molecule has 2 heterocycles. The van der Waals surface area contributed by atoms with Crippen LogP contribution in [-0.2, 0) is 16.1 Å². The number of carbonyl (C=O) groups excluding carboxylic acids is 2. The molecule has 1 atom stereocenters. The summed E-state index contributed by atoms with van der Waals surface area (Å²) in [6.45, 7) is -0.00225. The Morgan fingerprint density at radius 2 is 1.78 bits per heavy atom. The summed E-state index contributed by atoms with van der Waals surface area (Å²) in [6.07, 6.45) is 1.47. The fourth-order valence-electron chi connectivity index (χ4n) is 3.82. The average molecular weight is 435 g/mol. The Balaban J connectivity index is 1.91. The lowest BCUT2D eigenvalue weighted by molar-refractivity contribution is -0.140. The Labute approximate surface area is 183 Å². The number of carbonyl (C=O) groups is 2. The largest absolute Gasteiger partial charge is 0.507 e. The summed E-state index contributed by atoms with van der Waals surface area (Å²) in [4.78, 5) is 27.4. The van der Waals surface area contributed by atoms with Gasteiger partial charge >= 0.3 is 0 Å². The molecule has 164 valence electrons. The monoisotopic (exact) mass is 435 g/mol. The summed E-state index contributed by atoms with van der Waals surface area (Å²) in [5.74, 6) is -1.13. The molecule has 1 aromatic heterocycles. The third kappa shape index (κ3) is 3.56. The van der Waals surface area contributed by atoms with Crippen LogP contribution < -0.4 is 9.47 Å². The Morgan fingerprint density at radius 1 is 1.03 bits per heavy atom. The molecule has 8 heteroatoms. The van der Waals surface area contributed by atoms with E-state index in [9.17, 15) is 19.8 Å². The van der Waals surface area contributed by atoms with Crippen LogP contribution in [0.2, 0.25) is 0 Å². The summed E-state index contributed by atoms with van der Waals surface area (Å²) in [5, 5.41) is 21.5. The van der Waals surface area contributed by atoms with Gasteiger partial charge in [0.25, 0.3) is 11.7 Å². The fraction of sp³-hybridized carbons (Fsp3) is 0.167. The molecule has 0 bridgehead atoms. The molecule has 4 rings (SSSR count). The predicted octanol–water partition coefficient (Wildman–Crippen LogP) is 3.62. The summed E-state index contributed by atoms with van der Waals surface area (Å²) < 4.78 is 15.8. The second kappa shape index (κ2) is 8.50. The van der Waals surface area contributed by atoms with Gasteiger partial charge in [-0.05, 0) is 42.0 Å². The van der Waals surface area contributed by atoms with Crippen molar-refractivity contribution < 1.29 is 33.7 Å². The van der Waals surface area contributed by atoms with Crippen LogP contribution in [0.5, 0.6) is 17.2 Å². The maximum Gasteiger partial charge on any atom is 0.296 e. The molecule has 1 saturated heterocycles. The lowest BCUT2D eigenvalue weighted by Crippen LogP contribution is -2.29. The fourth-order valence-corrected chi connectivity index (χ4v) is 3.82. The second-order valence-electron chi connectivity index (χ2n) is 7.14. The molecule has 32 heavy (non-hydrogen) atoms. The number of aliphatic hydroxyl groups excluding tert-OH is 1. The molecule has 0 aliphatic carbocycles. The summed E-state index contributed by atoms with van der Waals surface area (Å²) in [6, 6.07) is 13.6. The number of methoxy groups -OCH3 is 2. The van der Waals surface area contributed by atoms with E-state index in [0.717, 1.165) is 0 Å². The molecule has 2 N–H and O–H groups in total. The lowest BCUT2D eigenvalue weighted by Gasteiger charge is -2.25. The summed E-state index contributed by atoms with van der Waals surface area (Å²) in [7, 11) is 2.86. The molecule has 1 aliphatic rings. The topological polar surface area (TPSA) is 109 Å².